The molecular weight excluding hydrogens is 534 g/mol. The first-order valence-corrected chi connectivity index (χ1v) is 13.2. The molecule has 2 saturated heterocycles. The molecule has 4 aliphatic heterocycles. The number of imide groups is 1. The second-order valence-electron chi connectivity index (χ2n) is 10.1. The molecule has 202 valence electrons. The number of amides is 3. The van der Waals surface area contributed by atoms with Gasteiger partial charge in [0.15, 0.2) is 11.5 Å². The number of carbonyl (C=O) groups is 3. The van der Waals surface area contributed by atoms with Crippen LogP contribution in [0.4, 0.5) is 5.69 Å². The van der Waals surface area contributed by atoms with Crippen LogP contribution < -0.4 is 19.5 Å². The van der Waals surface area contributed by atoms with Gasteiger partial charge >= 0.3 is 0 Å². The van der Waals surface area contributed by atoms with E-state index < -0.39 is 29.8 Å². The lowest BCUT2D eigenvalue weighted by Crippen LogP contribution is -2.46. The van der Waals surface area contributed by atoms with Gasteiger partial charge in [-0.05, 0) is 53.1 Å². The number of rotatable bonds is 5. The van der Waals surface area contributed by atoms with E-state index in [1.54, 1.807) is 30.3 Å². The zero-order chi connectivity index (χ0) is 27.5. The van der Waals surface area contributed by atoms with E-state index in [0.29, 0.717) is 28.0 Å². The van der Waals surface area contributed by atoms with E-state index in [1.165, 1.54) is 12.0 Å². The Bertz CT molecular complexity index is 1610. The van der Waals surface area contributed by atoms with Crippen LogP contribution in [0.15, 0.2) is 66.9 Å². The van der Waals surface area contributed by atoms with Crippen LogP contribution in [-0.2, 0) is 20.9 Å². The molecule has 3 aromatic carbocycles. The number of carbonyl (C=O) groups excluding carboxylic acids is 3. The van der Waals surface area contributed by atoms with Crippen molar-refractivity contribution in [3.63, 3.8) is 0 Å². The van der Waals surface area contributed by atoms with Crippen LogP contribution >= 0.6 is 11.6 Å². The minimum Gasteiger partial charge on any atom is -0.495 e. The Hall–Kier alpha value is -4.50. The molecule has 0 radical (unpaired) electrons. The topological polar surface area (TPSA) is 97.4 Å². The van der Waals surface area contributed by atoms with E-state index in [0.717, 1.165) is 16.7 Å². The van der Waals surface area contributed by atoms with Gasteiger partial charge in [0.1, 0.15) is 11.8 Å². The number of nitrogens with one attached hydrogen (secondary N) is 1. The molecule has 0 aromatic heterocycles. The van der Waals surface area contributed by atoms with Crippen LogP contribution in [0.5, 0.6) is 17.2 Å². The Labute approximate surface area is 234 Å². The van der Waals surface area contributed by atoms with Gasteiger partial charge in [-0.15, -0.1) is 0 Å². The maximum Gasteiger partial charge on any atom is 0.248 e. The monoisotopic (exact) mass is 557 g/mol. The van der Waals surface area contributed by atoms with E-state index in [1.807, 2.05) is 47.5 Å². The van der Waals surface area contributed by atoms with E-state index in [4.69, 9.17) is 25.8 Å². The summed E-state index contributed by atoms with van der Waals surface area (Å²) in [5.74, 6) is -1.10. The molecule has 0 aliphatic carbocycles. The van der Waals surface area contributed by atoms with Gasteiger partial charge in [0.05, 0.1) is 37.2 Å². The fourth-order valence-electron chi connectivity index (χ4n) is 6.28. The van der Waals surface area contributed by atoms with Gasteiger partial charge in [-0.25, -0.2) is 0 Å². The highest BCUT2D eigenvalue weighted by Crippen LogP contribution is 2.53. The lowest BCUT2D eigenvalue weighted by molar-refractivity contribution is -0.143. The SMILES string of the molecule is COc1ccc(Cl)cc1NC(=O)[C@@H]1[C@@H]2C(=O)N(Cc3ccc4c(c3)OCO4)C(=O)[C@@H]2[C@@H]2c3ccccc3C=CN12. The predicted octanol–water partition coefficient (Wildman–Crippen LogP) is 4.23. The summed E-state index contributed by atoms with van der Waals surface area (Å²) in [6, 6.07) is 16.6. The zero-order valence-electron chi connectivity index (χ0n) is 21.4. The second-order valence-corrected chi connectivity index (χ2v) is 10.6. The average Bonchev–Trinajstić information content (AvgIpc) is 3.63. The number of hydrogen-bond donors (Lipinski definition) is 1. The molecule has 0 saturated carbocycles. The van der Waals surface area contributed by atoms with Crippen LogP contribution in [-0.4, -0.2) is 47.5 Å². The molecule has 40 heavy (non-hydrogen) atoms. The van der Waals surface area contributed by atoms with Crippen LogP contribution in [0.3, 0.4) is 0 Å². The summed E-state index contributed by atoms with van der Waals surface area (Å²) >= 11 is 6.20. The molecule has 4 heterocycles. The molecule has 0 unspecified atom stereocenters. The molecule has 10 heteroatoms. The van der Waals surface area contributed by atoms with Crippen molar-refractivity contribution in [2.24, 2.45) is 11.8 Å². The Balaban J connectivity index is 1.26. The highest BCUT2D eigenvalue weighted by Gasteiger charge is 2.64. The zero-order valence-corrected chi connectivity index (χ0v) is 22.1. The molecule has 4 atom stereocenters. The number of anilines is 1. The Morgan fingerprint density at radius 2 is 1.82 bits per heavy atom. The summed E-state index contributed by atoms with van der Waals surface area (Å²) in [6.07, 6.45) is 3.72. The molecule has 0 spiro atoms. The van der Waals surface area contributed by atoms with Crippen molar-refractivity contribution in [2.75, 3.05) is 19.2 Å². The van der Waals surface area contributed by atoms with E-state index in [9.17, 15) is 14.4 Å². The predicted molar refractivity (Wildman–Crippen MR) is 146 cm³/mol. The van der Waals surface area contributed by atoms with Gasteiger partial charge in [0.2, 0.25) is 24.5 Å². The highest BCUT2D eigenvalue weighted by atomic mass is 35.5. The molecule has 3 amide bonds. The van der Waals surface area contributed by atoms with Crippen LogP contribution in [0.1, 0.15) is 22.7 Å². The Morgan fingerprint density at radius 1 is 1.02 bits per heavy atom. The average molecular weight is 558 g/mol. The number of fused-ring (bicyclic) bond motifs is 6. The second kappa shape index (κ2) is 9.31. The molecule has 7 rings (SSSR count). The first-order valence-electron chi connectivity index (χ1n) is 12.9. The van der Waals surface area contributed by atoms with Gasteiger partial charge in [-0.1, -0.05) is 41.9 Å². The lowest BCUT2D eigenvalue weighted by Gasteiger charge is -2.35. The maximum atomic E-state index is 14.0. The van der Waals surface area contributed by atoms with Gasteiger partial charge in [-0.2, -0.15) is 0 Å². The van der Waals surface area contributed by atoms with Crippen molar-refractivity contribution in [3.05, 3.63) is 88.6 Å². The number of benzene rings is 3. The van der Waals surface area contributed by atoms with Crippen molar-refractivity contribution in [2.45, 2.75) is 18.6 Å². The standard InChI is InChI=1S/C30H24ClN3O6/c1-38-21-9-7-18(31)13-20(21)32-28(35)27-25-24(26-19-5-3-2-4-17(19)10-11-33(26)27)29(36)34(30(25)37)14-16-6-8-22-23(12-16)40-15-39-22/h2-13,24-27H,14-15H2,1H3,(H,32,35)/t24-,25+,26-,27-/m0/s1. The number of methoxy groups -OCH3 is 1. The third-order valence-electron chi connectivity index (χ3n) is 8.02. The molecule has 3 aromatic rings. The molecule has 2 fully saturated rings. The van der Waals surface area contributed by atoms with E-state index in [-0.39, 0.29) is 25.2 Å². The summed E-state index contributed by atoms with van der Waals surface area (Å²) in [7, 11) is 1.50. The fourth-order valence-corrected chi connectivity index (χ4v) is 6.45. The van der Waals surface area contributed by atoms with E-state index in [2.05, 4.69) is 5.32 Å². The van der Waals surface area contributed by atoms with Crippen LogP contribution in [0.25, 0.3) is 6.08 Å². The molecule has 1 N–H and O–H groups in total. The van der Waals surface area contributed by atoms with Gasteiger partial charge in [0.25, 0.3) is 0 Å². The third-order valence-corrected chi connectivity index (χ3v) is 8.25. The van der Waals surface area contributed by atoms with Crippen molar-refractivity contribution in [1.29, 1.82) is 0 Å². The summed E-state index contributed by atoms with van der Waals surface area (Å²) in [5.41, 5.74) is 2.98. The quantitative estimate of drug-likeness (QED) is 0.469. The summed E-state index contributed by atoms with van der Waals surface area (Å²) in [5, 5.41) is 3.33. The number of halogens is 1. The molecular formula is C30H24ClN3O6. The first-order chi connectivity index (χ1) is 19.4. The largest absolute Gasteiger partial charge is 0.495 e. The van der Waals surface area contributed by atoms with Crippen molar-refractivity contribution in [3.8, 4) is 17.2 Å². The smallest absolute Gasteiger partial charge is 0.248 e. The van der Waals surface area contributed by atoms with Crippen molar-refractivity contribution in [1.82, 2.24) is 9.80 Å². The normalized spacial score (nSPS) is 23.6. The van der Waals surface area contributed by atoms with Crippen molar-refractivity contribution < 1.29 is 28.6 Å². The number of ether oxygens (including phenoxy) is 3. The van der Waals surface area contributed by atoms with Gasteiger partial charge in [-0.3, -0.25) is 19.3 Å². The minimum atomic E-state index is -0.929. The molecule has 9 nitrogen and oxygen atoms in total. The summed E-state index contributed by atoms with van der Waals surface area (Å²) in [4.78, 5) is 45.1. The van der Waals surface area contributed by atoms with Crippen LogP contribution in [0, 0.1) is 11.8 Å². The van der Waals surface area contributed by atoms with Crippen LogP contribution in [0.2, 0.25) is 5.02 Å². The maximum absolute atomic E-state index is 14.0. The lowest BCUT2D eigenvalue weighted by atomic mass is 9.84. The fraction of sp³-hybridized carbons (Fsp3) is 0.233. The minimum absolute atomic E-state index is 0.0714. The summed E-state index contributed by atoms with van der Waals surface area (Å²) < 4.78 is 16.3. The van der Waals surface area contributed by atoms with Gasteiger partial charge < -0.3 is 24.4 Å². The molecule has 4 aliphatic rings. The number of likely N-dealkylation sites (tertiary alicyclic amines) is 1. The first kappa shape index (κ1) is 24.5. The number of hydrogen-bond acceptors (Lipinski definition) is 7. The molecule has 0 bridgehead atoms. The van der Waals surface area contributed by atoms with Crippen molar-refractivity contribution >= 4 is 41.1 Å². The Morgan fingerprint density at radius 3 is 2.67 bits per heavy atom. The third kappa shape index (κ3) is 3.72. The van der Waals surface area contributed by atoms with Gasteiger partial charge in [0, 0.05) is 11.2 Å². The summed E-state index contributed by atoms with van der Waals surface area (Å²) in [6.45, 7) is 0.200. The Kier molecular flexibility index (Phi) is 5.71. The highest BCUT2D eigenvalue weighted by molar-refractivity contribution is 6.31. The van der Waals surface area contributed by atoms with E-state index >= 15 is 0 Å². The number of nitrogens with zero attached hydrogens (tertiary/aromatic N) is 2.